The van der Waals surface area contributed by atoms with Crippen molar-refractivity contribution in [3.05, 3.63) is 58.1 Å². The molecule has 2 aromatic rings. The summed E-state index contributed by atoms with van der Waals surface area (Å²) in [6, 6.07) is 15.5. The number of rotatable bonds is 4. The Morgan fingerprint density at radius 1 is 1.21 bits per heavy atom. The second kappa shape index (κ2) is 6.26. The molecule has 0 saturated carbocycles. The molecular formula is C15H14BrN3. The van der Waals surface area contributed by atoms with Crippen LogP contribution in [0.2, 0.25) is 0 Å². The highest BCUT2D eigenvalue weighted by Crippen LogP contribution is 2.20. The summed E-state index contributed by atoms with van der Waals surface area (Å²) in [4.78, 5) is 0. The Hall–Kier alpha value is -1.99. The van der Waals surface area contributed by atoms with Crippen molar-refractivity contribution in [1.82, 2.24) is 0 Å². The number of hydrogen-bond acceptors (Lipinski definition) is 3. The molecule has 0 fully saturated rings. The van der Waals surface area contributed by atoms with Gasteiger partial charge in [-0.3, -0.25) is 0 Å². The van der Waals surface area contributed by atoms with Gasteiger partial charge in [-0.1, -0.05) is 34.1 Å². The van der Waals surface area contributed by atoms with Crippen molar-refractivity contribution < 1.29 is 0 Å². The summed E-state index contributed by atoms with van der Waals surface area (Å²) in [7, 11) is 0. The van der Waals surface area contributed by atoms with Crippen LogP contribution in [0.5, 0.6) is 0 Å². The first-order valence-electron chi connectivity index (χ1n) is 5.97. The van der Waals surface area contributed by atoms with Crippen LogP contribution < -0.4 is 11.1 Å². The molecule has 19 heavy (non-hydrogen) atoms. The van der Waals surface area contributed by atoms with Crippen LogP contribution in [0, 0.1) is 11.3 Å². The molecule has 0 saturated heterocycles. The van der Waals surface area contributed by atoms with Crippen LogP contribution >= 0.6 is 15.9 Å². The van der Waals surface area contributed by atoms with Crippen LogP contribution in [-0.4, -0.2) is 6.54 Å². The quantitative estimate of drug-likeness (QED) is 0.848. The molecule has 0 aliphatic rings. The molecular weight excluding hydrogens is 302 g/mol. The highest BCUT2D eigenvalue weighted by Gasteiger charge is 2.01. The lowest BCUT2D eigenvalue weighted by molar-refractivity contribution is 1.01. The molecule has 0 amide bonds. The number of halogens is 1. The van der Waals surface area contributed by atoms with E-state index in [2.05, 4.69) is 33.4 Å². The number of hydrogen-bond donors (Lipinski definition) is 2. The molecule has 0 aromatic heterocycles. The van der Waals surface area contributed by atoms with Crippen LogP contribution in [0.4, 0.5) is 11.4 Å². The van der Waals surface area contributed by atoms with E-state index in [4.69, 9.17) is 11.0 Å². The van der Waals surface area contributed by atoms with Crippen LogP contribution in [0.3, 0.4) is 0 Å². The molecule has 2 rings (SSSR count). The van der Waals surface area contributed by atoms with Crippen LogP contribution in [0.1, 0.15) is 11.1 Å². The Kier molecular flexibility index (Phi) is 4.43. The largest absolute Gasteiger partial charge is 0.397 e. The lowest BCUT2D eigenvalue weighted by Gasteiger charge is -2.10. The van der Waals surface area contributed by atoms with Crippen LogP contribution in [-0.2, 0) is 6.42 Å². The van der Waals surface area contributed by atoms with E-state index in [-0.39, 0.29) is 0 Å². The SMILES string of the molecule is N#Cc1ccc(NCCc2ccccc2Br)c(N)c1. The fourth-order valence-corrected chi connectivity index (χ4v) is 2.31. The van der Waals surface area contributed by atoms with Gasteiger partial charge < -0.3 is 11.1 Å². The Bertz CT molecular complexity index is 617. The van der Waals surface area contributed by atoms with Gasteiger partial charge in [0, 0.05) is 11.0 Å². The molecule has 0 heterocycles. The monoisotopic (exact) mass is 315 g/mol. The summed E-state index contributed by atoms with van der Waals surface area (Å²) >= 11 is 3.53. The molecule has 3 nitrogen and oxygen atoms in total. The zero-order chi connectivity index (χ0) is 13.7. The molecule has 0 aliphatic heterocycles. The van der Waals surface area contributed by atoms with E-state index in [1.54, 1.807) is 12.1 Å². The summed E-state index contributed by atoms with van der Waals surface area (Å²) in [5.74, 6) is 0. The maximum Gasteiger partial charge on any atom is 0.0992 e. The Morgan fingerprint density at radius 3 is 2.68 bits per heavy atom. The van der Waals surface area contributed by atoms with Gasteiger partial charge in [0.05, 0.1) is 23.0 Å². The molecule has 2 aromatic carbocycles. The van der Waals surface area contributed by atoms with Crippen LogP contribution in [0.25, 0.3) is 0 Å². The summed E-state index contributed by atoms with van der Waals surface area (Å²) < 4.78 is 1.12. The maximum absolute atomic E-state index is 8.78. The van der Waals surface area contributed by atoms with Crippen molar-refractivity contribution in [3.63, 3.8) is 0 Å². The lowest BCUT2D eigenvalue weighted by Crippen LogP contribution is -2.07. The number of nitrogens with two attached hydrogens (primary N) is 1. The molecule has 3 N–H and O–H groups in total. The lowest BCUT2D eigenvalue weighted by atomic mass is 10.1. The Morgan fingerprint density at radius 2 is 2.00 bits per heavy atom. The first-order valence-corrected chi connectivity index (χ1v) is 6.77. The third-order valence-corrected chi connectivity index (χ3v) is 3.62. The molecule has 0 spiro atoms. The molecule has 0 unspecified atom stereocenters. The zero-order valence-electron chi connectivity index (χ0n) is 10.4. The van der Waals surface area contributed by atoms with E-state index in [0.29, 0.717) is 11.3 Å². The van der Waals surface area contributed by atoms with Crippen molar-refractivity contribution in [1.29, 1.82) is 5.26 Å². The van der Waals surface area contributed by atoms with Gasteiger partial charge in [0.1, 0.15) is 0 Å². The Balaban J connectivity index is 1.97. The first-order chi connectivity index (χ1) is 9.20. The number of benzene rings is 2. The average Bonchev–Trinajstić information content (AvgIpc) is 2.42. The fourth-order valence-electron chi connectivity index (χ4n) is 1.83. The van der Waals surface area contributed by atoms with Crippen LogP contribution in [0.15, 0.2) is 46.9 Å². The van der Waals surface area contributed by atoms with Gasteiger partial charge in [-0.05, 0) is 36.2 Å². The van der Waals surface area contributed by atoms with Crippen molar-refractivity contribution in [2.75, 3.05) is 17.6 Å². The zero-order valence-corrected chi connectivity index (χ0v) is 11.9. The number of nitrogen functional groups attached to an aromatic ring is 1. The van der Waals surface area contributed by atoms with Gasteiger partial charge >= 0.3 is 0 Å². The minimum Gasteiger partial charge on any atom is -0.397 e. The van der Waals surface area contributed by atoms with Gasteiger partial charge in [-0.2, -0.15) is 5.26 Å². The number of anilines is 2. The topological polar surface area (TPSA) is 61.8 Å². The molecule has 4 heteroatoms. The highest BCUT2D eigenvalue weighted by molar-refractivity contribution is 9.10. The summed E-state index contributed by atoms with van der Waals surface area (Å²) in [5, 5.41) is 12.1. The van der Waals surface area contributed by atoms with Crippen molar-refractivity contribution >= 4 is 27.3 Å². The minimum absolute atomic E-state index is 0.578. The normalized spacial score (nSPS) is 9.89. The number of nitriles is 1. The number of nitrogens with one attached hydrogen (secondary N) is 1. The third-order valence-electron chi connectivity index (χ3n) is 2.85. The predicted octanol–water partition coefficient (Wildman–Crippen LogP) is 3.56. The van der Waals surface area contributed by atoms with E-state index in [0.717, 1.165) is 23.1 Å². The van der Waals surface area contributed by atoms with E-state index < -0.39 is 0 Å². The number of nitrogens with zero attached hydrogens (tertiary/aromatic N) is 1. The smallest absolute Gasteiger partial charge is 0.0992 e. The Labute approximate surface area is 121 Å². The maximum atomic E-state index is 8.78. The molecule has 0 aliphatic carbocycles. The molecule has 0 bridgehead atoms. The second-order valence-electron chi connectivity index (χ2n) is 4.18. The van der Waals surface area contributed by atoms with E-state index in [1.165, 1.54) is 5.56 Å². The first kappa shape index (κ1) is 13.4. The summed E-state index contributed by atoms with van der Waals surface area (Å²) in [5.41, 5.74) is 9.18. The molecule has 0 radical (unpaired) electrons. The second-order valence-corrected chi connectivity index (χ2v) is 5.04. The van der Waals surface area contributed by atoms with Gasteiger partial charge in [0.25, 0.3) is 0 Å². The molecule has 0 atom stereocenters. The summed E-state index contributed by atoms with van der Waals surface area (Å²) in [6.45, 7) is 0.790. The van der Waals surface area contributed by atoms with Crippen molar-refractivity contribution in [2.24, 2.45) is 0 Å². The summed E-state index contributed by atoms with van der Waals surface area (Å²) in [6.07, 6.45) is 0.904. The standard InChI is InChI=1S/C15H14BrN3/c16-13-4-2-1-3-12(13)7-8-19-15-6-5-11(10-17)9-14(15)18/h1-6,9,19H,7-8,18H2. The van der Waals surface area contributed by atoms with Gasteiger partial charge in [0.2, 0.25) is 0 Å². The van der Waals surface area contributed by atoms with E-state index in [1.807, 2.05) is 24.3 Å². The third kappa shape index (κ3) is 3.49. The van der Waals surface area contributed by atoms with E-state index in [9.17, 15) is 0 Å². The highest BCUT2D eigenvalue weighted by atomic mass is 79.9. The van der Waals surface area contributed by atoms with Crippen molar-refractivity contribution in [3.8, 4) is 6.07 Å². The van der Waals surface area contributed by atoms with Crippen molar-refractivity contribution in [2.45, 2.75) is 6.42 Å². The average molecular weight is 316 g/mol. The van der Waals surface area contributed by atoms with Gasteiger partial charge in [-0.15, -0.1) is 0 Å². The van der Waals surface area contributed by atoms with Gasteiger partial charge in [0.15, 0.2) is 0 Å². The predicted molar refractivity (Wildman–Crippen MR) is 81.9 cm³/mol. The minimum atomic E-state index is 0.578. The van der Waals surface area contributed by atoms with Gasteiger partial charge in [-0.25, -0.2) is 0 Å². The fraction of sp³-hybridized carbons (Fsp3) is 0.133. The van der Waals surface area contributed by atoms with E-state index >= 15 is 0 Å². The molecule has 96 valence electrons.